The van der Waals surface area contributed by atoms with Gasteiger partial charge in [0.2, 0.25) is 0 Å². The summed E-state index contributed by atoms with van der Waals surface area (Å²) >= 11 is 5.66. The Morgan fingerprint density at radius 3 is 2.74 bits per heavy atom. The summed E-state index contributed by atoms with van der Waals surface area (Å²) in [5, 5.41) is 13.8. The molecule has 1 N–H and O–H groups in total. The molecule has 0 aromatic heterocycles. The SMILES string of the molecule is CCC(CCCl)NC(=O)c1c(C)cccc1[N+](=O)[O-]. The Morgan fingerprint density at radius 1 is 1.53 bits per heavy atom. The molecule has 19 heavy (non-hydrogen) atoms. The number of nitrogens with zero attached hydrogens (tertiary/aromatic N) is 1. The van der Waals surface area contributed by atoms with Crippen molar-refractivity contribution in [3.8, 4) is 0 Å². The lowest BCUT2D eigenvalue weighted by atomic mass is 10.0. The van der Waals surface area contributed by atoms with E-state index >= 15 is 0 Å². The van der Waals surface area contributed by atoms with Crippen LogP contribution in [0.4, 0.5) is 5.69 Å². The number of hydrogen-bond donors (Lipinski definition) is 1. The van der Waals surface area contributed by atoms with Crippen LogP contribution >= 0.6 is 11.6 Å². The maximum absolute atomic E-state index is 12.2. The van der Waals surface area contributed by atoms with Gasteiger partial charge in [-0.25, -0.2) is 0 Å². The van der Waals surface area contributed by atoms with Gasteiger partial charge < -0.3 is 5.32 Å². The smallest absolute Gasteiger partial charge is 0.282 e. The third kappa shape index (κ3) is 3.92. The molecule has 1 aromatic rings. The van der Waals surface area contributed by atoms with Crippen molar-refractivity contribution in [2.24, 2.45) is 0 Å². The van der Waals surface area contributed by atoms with Gasteiger partial charge in [-0.05, 0) is 25.3 Å². The molecule has 0 saturated carbocycles. The number of amides is 1. The number of nitro groups is 1. The Balaban J connectivity index is 3.02. The van der Waals surface area contributed by atoms with Gasteiger partial charge in [0.05, 0.1) is 4.92 Å². The summed E-state index contributed by atoms with van der Waals surface area (Å²) in [6, 6.07) is 4.53. The molecule has 1 aromatic carbocycles. The zero-order valence-corrected chi connectivity index (χ0v) is 11.7. The van der Waals surface area contributed by atoms with E-state index in [0.717, 1.165) is 6.42 Å². The molecule has 0 radical (unpaired) electrons. The highest BCUT2D eigenvalue weighted by atomic mass is 35.5. The predicted molar refractivity (Wildman–Crippen MR) is 74.7 cm³/mol. The zero-order valence-electron chi connectivity index (χ0n) is 11.0. The van der Waals surface area contributed by atoms with Crippen molar-refractivity contribution in [2.45, 2.75) is 32.7 Å². The number of aryl methyl sites for hydroxylation is 1. The van der Waals surface area contributed by atoms with Crippen molar-refractivity contribution in [1.82, 2.24) is 5.32 Å². The second kappa shape index (κ2) is 7.09. The first kappa shape index (κ1) is 15.4. The van der Waals surface area contributed by atoms with Crippen LogP contribution in [0.25, 0.3) is 0 Å². The van der Waals surface area contributed by atoms with Crippen molar-refractivity contribution in [3.05, 3.63) is 39.4 Å². The summed E-state index contributed by atoms with van der Waals surface area (Å²) in [5.41, 5.74) is 0.547. The lowest BCUT2D eigenvalue weighted by Gasteiger charge is -2.16. The summed E-state index contributed by atoms with van der Waals surface area (Å²) in [5.74, 6) is 0.0241. The van der Waals surface area contributed by atoms with E-state index in [1.807, 2.05) is 6.92 Å². The van der Waals surface area contributed by atoms with E-state index in [4.69, 9.17) is 11.6 Å². The first-order chi connectivity index (χ1) is 9.01. The standard InChI is InChI=1S/C13H17ClN2O3/c1-3-10(7-8-14)15-13(17)12-9(2)5-4-6-11(12)16(18)19/h4-6,10H,3,7-8H2,1-2H3,(H,15,17). The van der Waals surface area contributed by atoms with Gasteiger partial charge in [-0.3, -0.25) is 14.9 Å². The van der Waals surface area contributed by atoms with Crippen molar-refractivity contribution in [3.63, 3.8) is 0 Å². The van der Waals surface area contributed by atoms with Crippen LogP contribution < -0.4 is 5.32 Å². The fourth-order valence-corrected chi connectivity index (χ4v) is 2.13. The molecule has 0 fully saturated rings. The van der Waals surface area contributed by atoms with Gasteiger partial charge >= 0.3 is 0 Å². The second-order valence-electron chi connectivity index (χ2n) is 4.28. The normalized spacial score (nSPS) is 11.9. The molecule has 5 nitrogen and oxygen atoms in total. The highest BCUT2D eigenvalue weighted by Gasteiger charge is 2.23. The van der Waals surface area contributed by atoms with Gasteiger partial charge in [0.25, 0.3) is 11.6 Å². The first-order valence-corrected chi connectivity index (χ1v) is 6.65. The summed E-state index contributed by atoms with van der Waals surface area (Å²) < 4.78 is 0. The van der Waals surface area contributed by atoms with Crippen LogP contribution in [-0.2, 0) is 0 Å². The number of carbonyl (C=O) groups excluding carboxylic acids is 1. The molecule has 0 aliphatic carbocycles. The Kier molecular flexibility index (Phi) is 5.76. The van der Waals surface area contributed by atoms with Crippen LogP contribution in [0.5, 0.6) is 0 Å². The van der Waals surface area contributed by atoms with Crippen LogP contribution in [0.3, 0.4) is 0 Å². The average Bonchev–Trinajstić information content (AvgIpc) is 2.37. The first-order valence-electron chi connectivity index (χ1n) is 6.12. The third-order valence-electron chi connectivity index (χ3n) is 2.96. The number of benzene rings is 1. The molecule has 0 saturated heterocycles. The van der Waals surface area contributed by atoms with Gasteiger partial charge in [-0.1, -0.05) is 19.1 Å². The summed E-state index contributed by atoms with van der Waals surface area (Å²) in [6.45, 7) is 3.62. The van der Waals surface area contributed by atoms with E-state index in [1.165, 1.54) is 6.07 Å². The number of hydrogen-bond acceptors (Lipinski definition) is 3. The molecule has 0 aliphatic heterocycles. The lowest BCUT2D eigenvalue weighted by molar-refractivity contribution is -0.385. The molecule has 0 heterocycles. The van der Waals surface area contributed by atoms with E-state index in [1.54, 1.807) is 19.1 Å². The Bertz CT molecular complexity index is 477. The largest absolute Gasteiger partial charge is 0.349 e. The maximum Gasteiger partial charge on any atom is 0.282 e. The number of nitro benzene ring substituents is 1. The van der Waals surface area contributed by atoms with Crippen LogP contribution in [0, 0.1) is 17.0 Å². The zero-order chi connectivity index (χ0) is 14.4. The van der Waals surface area contributed by atoms with E-state index in [9.17, 15) is 14.9 Å². The number of rotatable bonds is 6. The number of alkyl halides is 1. The topological polar surface area (TPSA) is 72.2 Å². The monoisotopic (exact) mass is 284 g/mol. The maximum atomic E-state index is 12.2. The molecule has 1 amide bonds. The second-order valence-corrected chi connectivity index (χ2v) is 4.66. The molecule has 1 rings (SSSR count). The van der Waals surface area contributed by atoms with Crippen LogP contribution in [0.1, 0.15) is 35.7 Å². The van der Waals surface area contributed by atoms with Gasteiger partial charge in [-0.2, -0.15) is 0 Å². The van der Waals surface area contributed by atoms with Crippen LogP contribution in [0.15, 0.2) is 18.2 Å². The molecule has 104 valence electrons. The fraction of sp³-hybridized carbons (Fsp3) is 0.462. The molecule has 0 bridgehead atoms. The van der Waals surface area contributed by atoms with Crippen molar-refractivity contribution >= 4 is 23.2 Å². The Hall–Kier alpha value is -1.62. The average molecular weight is 285 g/mol. The number of carbonyl (C=O) groups is 1. The van der Waals surface area contributed by atoms with Gasteiger partial charge in [0, 0.05) is 18.0 Å². The van der Waals surface area contributed by atoms with Crippen LogP contribution in [0.2, 0.25) is 0 Å². The highest BCUT2D eigenvalue weighted by Crippen LogP contribution is 2.22. The predicted octanol–water partition coefficient (Wildman–Crippen LogP) is 3.04. The number of halogens is 1. The molecular weight excluding hydrogens is 268 g/mol. The highest BCUT2D eigenvalue weighted by molar-refractivity contribution is 6.17. The Morgan fingerprint density at radius 2 is 2.21 bits per heavy atom. The quantitative estimate of drug-likeness (QED) is 0.496. The van der Waals surface area contributed by atoms with Gasteiger partial charge in [0.1, 0.15) is 5.56 Å². The minimum absolute atomic E-state index is 0.0655. The molecule has 1 unspecified atom stereocenters. The summed E-state index contributed by atoms with van der Waals surface area (Å²) in [6.07, 6.45) is 1.38. The molecular formula is C13H17ClN2O3. The third-order valence-corrected chi connectivity index (χ3v) is 3.18. The molecule has 0 spiro atoms. The summed E-state index contributed by atoms with van der Waals surface area (Å²) in [7, 11) is 0. The summed E-state index contributed by atoms with van der Waals surface area (Å²) in [4.78, 5) is 22.6. The van der Waals surface area contributed by atoms with E-state index in [-0.39, 0.29) is 17.3 Å². The number of nitrogens with one attached hydrogen (secondary N) is 1. The lowest BCUT2D eigenvalue weighted by Crippen LogP contribution is -2.35. The minimum atomic E-state index is -0.537. The fourth-order valence-electron chi connectivity index (χ4n) is 1.87. The van der Waals surface area contributed by atoms with E-state index in [0.29, 0.717) is 17.9 Å². The molecule has 0 aliphatic rings. The Labute approximate surface area is 117 Å². The van der Waals surface area contributed by atoms with Crippen molar-refractivity contribution < 1.29 is 9.72 Å². The molecule has 1 atom stereocenters. The van der Waals surface area contributed by atoms with Gasteiger partial charge in [-0.15, -0.1) is 11.6 Å². The van der Waals surface area contributed by atoms with Crippen LogP contribution in [-0.4, -0.2) is 22.8 Å². The van der Waals surface area contributed by atoms with Crippen molar-refractivity contribution in [1.29, 1.82) is 0 Å². The van der Waals surface area contributed by atoms with E-state index < -0.39 is 10.8 Å². The van der Waals surface area contributed by atoms with E-state index in [2.05, 4.69) is 5.32 Å². The minimum Gasteiger partial charge on any atom is -0.349 e. The van der Waals surface area contributed by atoms with Gasteiger partial charge in [0.15, 0.2) is 0 Å². The van der Waals surface area contributed by atoms with Crippen molar-refractivity contribution in [2.75, 3.05) is 5.88 Å². The molecule has 6 heteroatoms.